The molecule has 0 aliphatic carbocycles. The van der Waals surface area contributed by atoms with E-state index >= 15 is 0 Å². The van der Waals surface area contributed by atoms with E-state index < -0.39 is 142 Å². The highest BCUT2D eigenvalue weighted by Gasteiger charge is 2.52. The molecule has 0 spiro atoms. The van der Waals surface area contributed by atoms with E-state index in [1.165, 1.54) is 4.90 Å². The number of carbonyl (C=O) groups excluding carboxylic acids is 4. The molecule has 4 heterocycles. The van der Waals surface area contributed by atoms with Crippen molar-refractivity contribution in [1.82, 2.24) is 20.9 Å². The number of aliphatic hydroxyl groups is 10. The van der Waals surface area contributed by atoms with Gasteiger partial charge in [0.1, 0.15) is 73.2 Å². The highest BCUT2D eigenvalue weighted by atomic mass is 16.7. The van der Waals surface area contributed by atoms with Crippen LogP contribution in [0, 0.1) is 5.92 Å². The fourth-order valence-electron chi connectivity index (χ4n) is 7.69. The van der Waals surface area contributed by atoms with Crippen LogP contribution in [0.2, 0.25) is 0 Å². The normalized spacial score (nSPS) is 33.9. The molecule has 4 aliphatic heterocycles. The van der Waals surface area contributed by atoms with Crippen LogP contribution in [0.25, 0.3) is 0 Å². The fraction of sp³-hybridized carbons (Fsp3) is 0.909. The molecule has 11 unspecified atom stereocenters. The van der Waals surface area contributed by atoms with Crippen LogP contribution in [0.4, 0.5) is 0 Å². The molecule has 0 aromatic rings. The molecule has 71 heavy (non-hydrogen) atoms. The summed E-state index contributed by atoms with van der Waals surface area (Å²) in [6.07, 6.45) is -22.5. The predicted octanol–water partition coefficient (Wildman–Crippen LogP) is -6.01. The summed E-state index contributed by atoms with van der Waals surface area (Å²) in [4.78, 5) is 51.2. The average Bonchev–Trinajstić information content (AvgIpc) is 3.35. The molecular formula is C44H83N5O22. The van der Waals surface area contributed by atoms with Crippen molar-refractivity contribution in [2.24, 2.45) is 11.7 Å². The molecule has 4 fully saturated rings. The standard InChI is InChI=1S/C40H71N5O22.2C2H6/c1-20-6-5-11-60-37(20)61-12-9-43-26(50)15-45(14-25(49)42-8-4-2-3-7-24(41)48)16-27(51)44-10-13-62-39-35(59)36(67-40-34(58)32(56)29(53)22(18-47)65-40)30(54)23(66-39)19-63-38-33(57)31(55)28(52)21(17-46)64-38;2*1-2/h20-23,28-40,46-47,52-59H,2-19H2,1H3,(H2,41,48)(H,42,49)(H,43,50)(H,44,51);2*1-2H3/t20?,21?,22?,23?,28-,29-,30-,31?,32?,33?,34?,35?,36?,37?,38+,39+,40-;;/m1../s1. The molecule has 416 valence electrons. The van der Waals surface area contributed by atoms with E-state index in [-0.39, 0.29) is 64.6 Å². The first kappa shape index (κ1) is 64.2. The first-order chi connectivity index (χ1) is 33.9. The van der Waals surface area contributed by atoms with E-state index in [1.807, 2.05) is 34.6 Å². The van der Waals surface area contributed by atoms with Gasteiger partial charge in [-0.3, -0.25) is 24.1 Å². The summed E-state index contributed by atoms with van der Waals surface area (Å²) in [5, 5.41) is 112. The zero-order chi connectivity index (χ0) is 53.2. The van der Waals surface area contributed by atoms with Gasteiger partial charge in [0.25, 0.3) is 0 Å². The SMILES string of the molecule is CC.CC.CC1CCCOC1OCCNC(=O)CN(CC(=O)NCCCCCC(N)=O)CC(=O)NCCO[C@H]1OC(CO[C@H]2OC(CO)[C@@H](O)C(O)C2O)[C@@H](O)C(O[C@H]2OC(CO)[C@@H](O)C(O)C2O)C1O. The van der Waals surface area contributed by atoms with E-state index in [1.54, 1.807) is 0 Å². The number of hydrogen-bond acceptors (Lipinski definition) is 23. The zero-order valence-corrected chi connectivity index (χ0v) is 41.4. The lowest BCUT2D eigenvalue weighted by molar-refractivity contribution is -0.366. The van der Waals surface area contributed by atoms with Gasteiger partial charge in [0, 0.05) is 38.6 Å². The van der Waals surface area contributed by atoms with Crippen LogP contribution in [-0.4, -0.2) is 257 Å². The smallest absolute Gasteiger partial charge is 0.234 e. The molecule has 4 amide bonds. The minimum Gasteiger partial charge on any atom is -0.394 e. The fourth-order valence-corrected chi connectivity index (χ4v) is 7.69. The van der Waals surface area contributed by atoms with Gasteiger partial charge < -0.3 is 111 Å². The Morgan fingerprint density at radius 3 is 1.58 bits per heavy atom. The summed E-state index contributed by atoms with van der Waals surface area (Å²) in [6, 6.07) is 0. The summed E-state index contributed by atoms with van der Waals surface area (Å²) in [5.74, 6) is -1.84. The lowest BCUT2D eigenvalue weighted by atomic mass is 9.96. The summed E-state index contributed by atoms with van der Waals surface area (Å²) in [7, 11) is 0. The van der Waals surface area contributed by atoms with Gasteiger partial charge in [0.2, 0.25) is 23.6 Å². The van der Waals surface area contributed by atoms with Crippen LogP contribution < -0.4 is 21.7 Å². The number of ether oxygens (including phenoxy) is 8. The Morgan fingerprint density at radius 1 is 0.577 bits per heavy atom. The minimum atomic E-state index is -1.95. The summed E-state index contributed by atoms with van der Waals surface area (Å²) in [5.41, 5.74) is 5.17. The van der Waals surface area contributed by atoms with Crippen LogP contribution >= 0.6 is 0 Å². The van der Waals surface area contributed by atoms with Crippen molar-refractivity contribution >= 4 is 23.6 Å². The Kier molecular flexibility index (Phi) is 31.3. The predicted molar refractivity (Wildman–Crippen MR) is 245 cm³/mol. The maximum atomic E-state index is 13.2. The second-order valence-corrected chi connectivity index (χ2v) is 16.9. The lowest BCUT2D eigenvalue weighted by Gasteiger charge is -2.46. The van der Waals surface area contributed by atoms with Crippen molar-refractivity contribution in [3.63, 3.8) is 0 Å². The largest absolute Gasteiger partial charge is 0.394 e. The van der Waals surface area contributed by atoms with Gasteiger partial charge >= 0.3 is 0 Å². The topological polar surface area (TPSA) is 410 Å². The Hall–Kier alpha value is -2.88. The monoisotopic (exact) mass is 1030 g/mol. The molecule has 4 rings (SSSR count). The van der Waals surface area contributed by atoms with E-state index in [0.29, 0.717) is 25.9 Å². The van der Waals surface area contributed by atoms with Gasteiger partial charge in [-0.15, -0.1) is 0 Å². The van der Waals surface area contributed by atoms with Gasteiger partial charge in [-0.05, 0) is 25.7 Å². The first-order valence-electron chi connectivity index (χ1n) is 24.5. The number of primary amides is 1. The number of unbranched alkanes of at least 4 members (excludes halogenated alkanes) is 2. The molecule has 27 heteroatoms. The third kappa shape index (κ3) is 21.1. The van der Waals surface area contributed by atoms with Crippen molar-refractivity contribution in [3.05, 3.63) is 0 Å². The third-order valence-corrected chi connectivity index (χ3v) is 11.5. The van der Waals surface area contributed by atoms with Gasteiger partial charge in [0.15, 0.2) is 25.2 Å². The van der Waals surface area contributed by atoms with Crippen molar-refractivity contribution < 1.29 is 108 Å². The number of nitrogens with one attached hydrogen (secondary N) is 3. The Labute approximate surface area is 414 Å². The number of nitrogens with zero attached hydrogens (tertiary/aromatic N) is 1. The molecule has 0 aromatic carbocycles. The van der Waals surface area contributed by atoms with Crippen molar-refractivity contribution in [2.45, 2.75) is 172 Å². The molecule has 0 bridgehead atoms. The maximum Gasteiger partial charge on any atom is 0.234 e. The molecule has 0 saturated carbocycles. The van der Waals surface area contributed by atoms with E-state index in [4.69, 9.17) is 43.6 Å². The molecular weight excluding hydrogens is 950 g/mol. The number of hydrogen-bond donors (Lipinski definition) is 14. The first-order valence-corrected chi connectivity index (χ1v) is 24.5. The molecule has 15 N–H and O–H groups in total. The maximum absolute atomic E-state index is 13.2. The van der Waals surface area contributed by atoms with Crippen LogP contribution in [0.5, 0.6) is 0 Å². The second-order valence-electron chi connectivity index (χ2n) is 16.9. The van der Waals surface area contributed by atoms with Crippen molar-refractivity contribution in [3.8, 4) is 0 Å². The number of rotatable bonds is 27. The van der Waals surface area contributed by atoms with Crippen LogP contribution in [0.1, 0.15) is 73.1 Å². The highest BCUT2D eigenvalue weighted by molar-refractivity contribution is 5.84. The second kappa shape index (κ2) is 34.6. The van der Waals surface area contributed by atoms with Gasteiger partial charge in [0.05, 0.1) is 52.7 Å². The van der Waals surface area contributed by atoms with E-state index in [0.717, 1.165) is 12.8 Å². The lowest BCUT2D eigenvalue weighted by Crippen LogP contribution is -2.65. The van der Waals surface area contributed by atoms with Gasteiger partial charge in [-0.2, -0.15) is 0 Å². The molecule has 0 aromatic heterocycles. The van der Waals surface area contributed by atoms with Gasteiger partial charge in [-0.1, -0.05) is 41.0 Å². The Balaban J connectivity index is 0.00000421. The van der Waals surface area contributed by atoms with E-state index in [9.17, 15) is 70.2 Å². The molecule has 27 nitrogen and oxygen atoms in total. The number of amides is 4. The van der Waals surface area contributed by atoms with Crippen LogP contribution in [-0.2, 0) is 57.1 Å². The summed E-state index contributed by atoms with van der Waals surface area (Å²) < 4.78 is 44.8. The Bertz CT molecular complexity index is 1510. The third-order valence-electron chi connectivity index (χ3n) is 11.5. The molecule has 4 saturated heterocycles. The van der Waals surface area contributed by atoms with E-state index in [2.05, 4.69) is 16.0 Å². The Morgan fingerprint density at radius 2 is 1.06 bits per heavy atom. The quantitative estimate of drug-likeness (QED) is 0.0341. The summed E-state index contributed by atoms with van der Waals surface area (Å²) in [6.45, 7) is 7.18. The van der Waals surface area contributed by atoms with Crippen molar-refractivity contribution in [2.75, 3.05) is 78.9 Å². The average molecular weight is 1030 g/mol. The minimum absolute atomic E-state index is 0.140. The zero-order valence-electron chi connectivity index (χ0n) is 41.4. The molecule has 0 radical (unpaired) electrons. The number of aliphatic hydroxyl groups excluding tert-OH is 10. The van der Waals surface area contributed by atoms with Crippen LogP contribution in [0.3, 0.4) is 0 Å². The van der Waals surface area contributed by atoms with Crippen molar-refractivity contribution in [1.29, 1.82) is 0 Å². The number of carbonyl (C=O) groups is 4. The molecule has 17 atom stereocenters. The molecule has 4 aliphatic rings. The summed E-state index contributed by atoms with van der Waals surface area (Å²) >= 11 is 0. The number of nitrogens with two attached hydrogens (primary N) is 1. The van der Waals surface area contributed by atoms with Gasteiger partial charge in [-0.25, -0.2) is 0 Å². The van der Waals surface area contributed by atoms with Crippen LogP contribution in [0.15, 0.2) is 0 Å². The highest BCUT2D eigenvalue weighted by Crippen LogP contribution is 2.31.